The molecule has 4 rings (SSSR count). The second kappa shape index (κ2) is 9.88. The van der Waals surface area contributed by atoms with Gasteiger partial charge in [-0.1, -0.05) is 0 Å². The second-order valence-electron chi connectivity index (χ2n) is 7.31. The summed E-state index contributed by atoms with van der Waals surface area (Å²) in [5, 5.41) is 25.1. The third-order valence-corrected chi connectivity index (χ3v) is 6.23. The molecule has 2 aromatic rings. The Hall–Kier alpha value is -1.98. The van der Waals surface area contributed by atoms with Crippen LogP contribution in [0.4, 0.5) is 16.6 Å². The first-order valence-electron chi connectivity index (χ1n) is 9.71. The average Bonchev–Trinajstić information content (AvgIpc) is 3.26. The Morgan fingerprint density at radius 2 is 1.97 bits per heavy atom. The number of aliphatic hydroxyl groups excluding tert-OH is 1. The van der Waals surface area contributed by atoms with E-state index >= 15 is 0 Å². The van der Waals surface area contributed by atoms with E-state index in [2.05, 4.69) is 20.2 Å². The highest BCUT2D eigenvalue weighted by atomic mass is 35.5. The van der Waals surface area contributed by atoms with Crippen molar-refractivity contribution < 1.29 is 19.7 Å². The Morgan fingerprint density at radius 1 is 1.23 bits per heavy atom. The first kappa shape index (κ1) is 22.7. The van der Waals surface area contributed by atoms with Crippen LogP contribution in [-0.4, -0.2) is 77.7 Å². The Kier molecular flexibility index (Phi) is 7.48. The summed E-state index contributed by atoms with van der Waals surface area (Å²) in [6.07, 6.45) is 2.57. The molecule has 0 atom stereocenters. The van der Waals surface area contributed by atoms with Crippen LogP contribution in [0.15, 0.2) is 23.7 Å². The van der Waals surface area contributed by atoms with E-state index in [1.54, 1.807) is 17.6 Å². The number of rotatable bonds is 5. The Morgan fingerprint density at radius 3 is 2.67 bits per heavy atom. The molecule has 2 aliphatic rings. The van der Waals surface area contributed by atoms with Gasteiger partial charge in [0, 0.05) is 37.8 Å². The van der Waals surface area contributed by atoms with Crippen LogP contribution in [0.25, 0.3) is 0 Å². The minimum Gasteiger partial charge on any atom is -0.393 e. The summed E-state index contributed by atoms with van der Waals surface area (Å²) in [6.45, 7) is 3.74. The van der Waals surface area contributed by atoms with Gasteiger partial charge in [0.2, 0.25) is 0 Å². The highest BCUT2D eigenvalue weighted by molar-refractivity contribution is 7.14. The van der Waals surface area contributed by atoms with E-state index in [9.17, 15) is 15.0 Å². The Balaban J connectivity index is 0.00000256. The normalized spacial score (nSPS) is 18.6. The SMILES string of the molecule is Cl.O=C(Nc1cccnc1N1CCC(O)(CO)CC1)c1csc(N2CCOCC2)n1. The van der Waals surface area contributed by atoms with Gasteiger partial charge >= 0.3 is 0 Å². The quantitative estimate of drug-likeness (QED) is 0.620. The molecule has 0 unspecified atom stereocenters. The number of anilines is 3. The maximum Gasteiger partial charge on any atom is 0.275 e. The van der Waals surface area contributed by atoms with Gasteiger partial charge in [0.1, 0.15) is 5.69 Å². The van der Waals surface area contributed by atoms with Crippen molar-refractivity contribution in [3.8, 4) is 0 Å². The van der Waals surface area contributed by atoms with Gasteiger partial charge in [0.25, 0.3) is 5.91 Å². The number of nitrogens with one attached hydrogen (secondary N) is 1. The van der Waals surface area contributed by atoms with Gasteiger partial charge in [-0.05, 0) is 25.0 Å². The zero-order chi connectivity index (χ0) is 20.3. The number of thiazole rings is 1. The summed E-state index contributed by atoms with van der Waals surface area (Å²) in [5.74, 6) is 0.378. The minimum absolute atomic E-state index is 0. The molecule has 0 bridgehead atoms. The van der Waals surface area contributed by atoms with Crippen molar-refractivity contribution in [3.05, 3.63) is 29.4 Å². The Labute approximate surface area is 185 Å². The summed E-state index contributed by atoms with van der Waals surface area (Å²) >= 11 is 1.45. The molecule has 30 heavy (non-hydrogen) atoms. The maximum atomic E-state index is 12.8. The van der Waals surface area contributed by atoms with Crippen LogP contribution in [0.3, 0.4) is 0 Å². The number of nitrogens with zero attached hydrogens (tertiary/aromatic N) is 4. The number of aromatic nitrogens is 2. The monoisotopic (exact) mass is 455 g/mol. The lowest BCUT2D eigenvalue weighted by atomic mass is 9.92. The van der Waals surface area contributed by atoms with Crippen LogP contribution >= 0.6 is 23.7 Å². The molecule has 9 nitrogen and oxygen atoms in total. The van der Waals surface area contributed by atoms with Gasteiger partial charge in [0.05, 0.1) is 31.1 Å². The van der Waals surface area contributed by atoms with Crippen LogP contribution in [0, 0.1) is 0 Å². The number of morpholine rings is 1. The zero-order valence-corrected chi connectivity index (χ0v) is 18.1. The number of carbonyl (C=O) groups is 1. The number of aliphatic hydroxyl groups is 2. The molecule has 164 valence electrons. The van der Waals surface area contributed by atoms with Gasteiger partial charge < -0.3 is 30.1 Å². The largest absolute Gasteiger partial charge is 0.393 e. The van der Waals surface area contributed by atoms with E-state index in [4.69, 9.17) is 4.74 Å². The first-order chi connectivity index (χ1) is 14.1. The molecule has 0 aromatic carbocycles. The second-order valence-corrected chi connectivity index (χ2v) is 8.15. The average molecular weight is 456 g/mol. The van der Waals surface area contributed by atoms with Gasteiger partial charge in [-0.15, -0.1) is 23.7 Å². The number of amides is 1. The third-order valence-electron chi connectivity index (χ3n) is 5.33. The summed E-state index contributed by atoms with van der Waals surface area (Å²) in [7, 11) is 0. The summed E-state index contributed by atoms with van der Waals surface area (Å²) in [5.41, 5.74) is -0.0574. The smallest absolute Gasteiger partial charge is 0.275 e. The molecule has 3 N–H and O–H groups in total. The predicted octanol–water partition coefficient (Wildman–Crippen LogP) is 1.37. The number of hydrogen-bond donors (Lipinski definition) is 3. The van der Waals surface area contributed by atoms with E-state index in [-0.39, 0.29) is 24.9 Å². The highest BCUT2D eigenvalue weighted by Crippen LogP contribution is 2.30. The van der Waals surface area contributed by atoms with E-state index in [1.165, 1.54) is 11.3 Å². The van der Waals surface area contributed by atoms with Crippen molar-refractivity contribution in [2.24, 2.45) is 0 Å². The van der Waals surface area contributed by atoms with E-state index in [0.29, 0.717) is 56.3 Å². The summed E-state index contributed by atoms with van der Waals surface area (Å²) in [4.78, 5) is 25.8. The number of piperidine rings is 1. The van der Waals surface area contributed by atoms with Crippen molar-refractivity contribution in [3.63, 3.8) is 0 Å². The summed E-state index contributed by atoms with van der Waals surface area (Å²) < 4.78 is 5.36. The molecule has 2 aliphatic heterocycles. The van der Waals surface area contributed by atoms with Gasteiger partial charge in [-0.2, -0.15) is 0 Å². The van der Waals surface area contributed by atoms with Crippen LogP contribution in [0.2, 0.25) is 0 Å². The van der Waals surface area contributed by atoms with Crippen LogP contribution < -0.4 is 15.1 Å². The zero-order valence-electron chi connectivity index (χ0n) is 16.5. The van der Waals surface area contributed by atoms with E-state index < -0.39 is 5.60 Å². The molecule has 0 saturated carbocycles. The molecule has 2 saturated heterocycles. The van der Waals surface area contributed by atoms with Crippen molar-refractivity contribution in [1.29, 1.82) is 0 Å². The lowest BCUT2D eigenvalue weighted by molar-refractivity contribution is -0.0326. The molecule has 2 fully saturated rings. The standard InChI is InChI=1S/C19H25N5O4S.ClH/c25-13-19(27)3-6-23(7-4-19)16-14(2-1-5-20-16)21-17(26)15-12-29-18(22-15)24-8-10-28-11-9-24;/h1-2,5,12,25,27H,3-4,6-11,13H2,(H,21,26);1H. The fourth-order valence-corrected chi connectivity index (χ4v) is 4.35. The van der Waals surface area contributed by atoms with Crippen molar-refractivity contribution >= 4 is 46.3 Å². The number of hydrogen-bond acceptors (Lipinski definition) is 9. The lowest BCUT2D eigenvalue weighted by Crippen LogP contribution is -2.47. The lowest BCUT2D eigenvalue weighted by Gasteiger charge is -2.38. The third kappa shape index (κ3) is 5.01. The van der Waals surface area contributed by atoms with Crippen molar-refractivity contribution in [1.82, 2.24) is 9.97 Å². The highest BCUT2D eigenvalue weighted by Gasteiger charge is 2.32. The summed E-state index contributed by atoms with van der Waals surface area (Å²) in [6, 6.07) is 3.58. The van der Waals surface area contributed by atoms with Gasteiger partial charge in [-0.3, -0.25) is 4.79 Å². The number of carbonyl (C=O) groups excluding carboxylic acids is 1. The maximum absolute atomic E-state index is 12.8. The molecular weight excluding hydrogens is 430 g/mol. The van der Waals surface area contributed by atoms with Crippen LogP contribution in [-0.2, 0) is 4.74 Å². The topological polar surface area (TPSA) is 111 Å². The van der Waals surface area contributed by atoms with Crippen LogP contribution in [0.1, 0.15) is 23.3 Å². The van der Waals surface area contributed by atoms with Gasteiger partial charge in [-0.25, -0.2) is 9.97 Å². The number of ether oxygens (including phenoxy) is 1. The fourth-order valence-electron chi connectivity index (χ4n) is 3.49. The number of pyridine rings is 1. The van der Waals surface area contributed by atoms with Crippen molar-refractivity contribution in [2.45, 2.75) is 18.4 Å². The Bertz CT molecular complexity index is 853. The van der Waals surface area contributed by atoms with E-state index in [1.807, 2.05) is 11.0 Å². The van der Waals surface area contributed by atoms with Crippen molar-refractivity contribution in [2.75, 3.05) is 61.1 Å². The minimum atomic E-state index is -1.04. The van der Waals surface area contributed by atoms with Crippen LogP contribution in [0.5, 0.6) is 0 Å². The van der Waals surface area contributed by atoms with E-state index in [0.717, 1.165) is 18.2 Å². The predicted molar refractivity (Wildman–Crippen MR) is 118 cm³/mol. The molecule has 2 aromatic heterocycles. The molecule has 11 heteroatoms. The number of halogens is 1. The molecule has 0 spiro atoms. The molecule has 1 amide bonds. The molecular formula is C19H26ClN5O4S. The fraction of sp³-hybridized carbons (Fsp3) is 0.526. The molecule has 0 aliphatic carbocycles. The first-order valence-corrected chi connectivity index (χ1v) is 10.6. The van der Waals surface area contributed by atoms with Gasteiger partial charge in [0.15, 0.2) is 10.9 Å². The molecule has 4 heterocycles. The molecule has 0 radical (unpaired) electrons.